The molecular formula is C14H16O8. The molecule has 0 radical (unpaired) electrons. The van der Waals surface area contributed by atoms with E-state index in [4.69, 9.17) is 19.3 Å². The van der Waals surface area contributed by atoms with Crippen LogP contribution in [0.5, 0.6) is 11.5 Å². The predicted molar refractivity (Wildman–Crippen MR) is 73.6 cm³/mol. The zero-order chi connectivity index (χ0) is 16.4. The normalized spacial score (nSPS) is 10.3. The summed E-state index contributed by atoms with van der Waals surface area (Å²) in [6.45, 7) is -0.285. The van der Waals surface area contributed by atoms with Crippen molar-refractivity contribution in [1.29, 1.82) is 0 Å². The summed E-state index contributed by atoms with van der Waals surface area (Å²) in [4.78, 5) is 32.3. The van der Waals surface area contributed by atoms with E-state index in [0.29, 0.717) is 17.8 Å². The van der Waals surface area contributed by atoms with E-state index in [-0.39, 0.29) is 18.8 Å². The summed E-state index contributed by atoms with van der Waals surface area (Å²) in [5.41, 5.74) is 0.114. The number of rotatable bonds is 9. The lowest BCUT2D eigenvalue weighted by Gasteiger charge is -2.09. The van der Waals surface area contributed by atoms with Gasteiger partial charge in [-0.2, -0.15) is 4.89 Å². The topological polar surface area (TPSA) is 101 Å². The van der Waals surface area contributed by atoms with Gasteiger partial charge in [-0.05, 0) is 18.2 Å². The van der Waals surface area contributed by atoms with Crippen LogP contribution >= 0.6 is 0 Å². The lowest BCUT2D eigenvalue weighted by molar-refractivity contribution is -0.254. The second-order valence-corrected chi connectivity index (χ2v) is 3.74. The second kappa shape index (κ2) is 9.24. The van der Waals surface area contributed by atoms with Gasteiger partial charge in [0.2, 0.25) is 0 Å². The second-order valence-electron chi connectivity index (χ2n) is 3.74. The Morgan fingerprint density at radius 3 is 2.50 bits per heavy atom. The Hall–Kier alpha value is -2.74. The number of ketones is 1. The predicted octanol–water partition coefficient (Wildman–Crippen LogP) is 1.41. The number of aliphatic hydroxyl groups excluding tert-OH is 1. The lowest BCUT2D eigenvalue weighted by Crippen LogP contribution is -2.20. The minimum atomic E-state index is -1.03. The first kappa shape index (κ1) is 17.3. The number of carbonyl (C=O) groups excluding carboxylic acids is 2. The first-order valence-corrected chi connectivity index (χ1v) is 6.15. The monoisotopic (exact) mass is 312 g/mol. The third-order valence-electron chi connectivity index (χ3n) is 2.42. The molecule has 1 rings (SSSR count). The summed E-state index contributed by atoms with van der Waals surface area (Å²) in [5, 5.41) is 8.26. The van der Waals surface area contributed by atoms with Gasteiger partial charge in [-0.1, -0.05) is 0 Å². The molecule has 0 aromatic heterocycles. The molecule has 0 atom stereocenters. The van der Waals surface area contributed by atoms with E-state index in [1.165, 1.54) is 32.4 Å². The number of methoxy groups -OCH3 is 2. The number of aliphatic hydroxyl groups is 1. The smallest absolute Gasteiger partial charge is 0.379 e. The summed E-state index contributed by atoms with van der Waals surface area (Å²) in [6.07, 6.45) is 1.52. The Balaban J connectivity index is 2.54. The average molecular weight is 312 g/mol. The van der Waals surface area contributed by atoms with Gasteiger partial charge in [0.05, 0.1) is 14.2 Å². The van der Waals surface area contributed by atoms with E-state index >= 15 is 0 Å². The van der Waals surface area contributed by atoms with Crippen molar-refractivity contribution in [3.63, 3.8) is 0 Å². The SMILES string of the molecule is COc1ccc(C(=O)C(=O)OCCOO/C=C\O)cc1OC. The number of Topliss-reactive ketones (excluding diaryl/α,β-unsaturated/α-hetero) is 1. The Kier molecular flexibility index (Phi) is 7.27. The highest BCUT2D eigenvalue weighted by atomic mass is 17.2. The van der Waals surface area contributed by atoms with Crippen molar-refractivity contribution in [2.45, 2.75) is 0 Å². The van der Waals surface area contributed by atoms with Gasteiger partial charge in [0.25, 0.3) is 5.78 Å². The maximum absolute atomic E-state index is 11.9. The van der Waals surface area contributed by atoms with Gasteiger partial charge >= 0.3 is 5.97 Å². The molecule has 0 heterocycles. The van der Waals surface area contributed by atoms with E-state index in [0.717, 1.165) is 6.26 Å². The summed E-state index contributed by atoms with van der Waals surface area (Å²) in [6, 6.07) is 4.32. The van der Waals surface area contributed by atoms with Gasteiger partial charge < -0.3 is 24.2 Å². The highest BCUT2D eigenvalue weighted by molar-refractivity contribution is 6.40. The molecule has 0 aliphatic carbocycles. The van der Waals surface area contributed by atoms with Crippen LogP contribution in [0.4, 0.5) is 0 Å². The Morgan fingerprint density at radius 1 is 1.14 bits per heavy atom. The minimum absolute atomic E-state index is 0.102. The fourth-order valence-corrected chi connectivity index (χ4v) is 1.44. The Morgan fingerprint density at radius 2 is 1.86 bits per heavy atom. The molecule has 1 aromatic rings. The molecule has 8 heteroatoms. The molecule has 0 bridgehead atoms. The van der Waals surface area contributed by atoms with Gasteiger partial charge in [-0.25, -0.2) is 4.79 Å². The number of carbonyl (C=O) groups is 2. The van der Waals surface area contributed by atoms with Crippen molar-refractivity contribution in [2.75, 3.05) is 27.4 Å². The molecule has 22 heavy (non-hydrogen) atoms. The number of hydrogen-bond donors (Lipinski definition) is 1. The zero-order valence-electron chi connectivity index (χ0n) is 12.1. The maximum atomic E-state index is 11.9. The highest BCUT2D eigenvalue weighted by Gasteiger charge is 2.19. The molecule has 0 spiro atoms. The fraction of sp³-hybridized carbons (Fsp3) is 0.286. The molecule has 1 N–H and O–H groups in total. The molecule has 0 aliphatic heterocycles. The van der Waals surface area contributed by atoms with Crippen LogP contribution in [-0.2, 0) is 19.3 Å². The van der Waals surface area contributed by atoms with Crippen molar-refractivity contribution >= 4 is 11.8 Å². The molecule has 120 valence electrons. The Bertz CT molecular complexity index is 538. The highest BCUT2D eigenvalue weighted by Crippen LogP contribution is 2.27. The van der Waals surface area contributed by atoms with Crippen molar-refractivity contribution in [2.24, 2.45) is 0 Å². The van der Waals surface area contributed by atoms with E-state index < -0.39 is 11.8 Å². The largest absolute Gasteiger partial charge is 0.512 e. The van der Waals surface area contributed by atoms with Crippen molar-refractivity contribution < 1.29 is 38.7 Å². The third-order valence-corrected chi connectivity index (χ3v) is 2.42. The number of ether oxygens (including phenoxy) is 3. The number of hydrogen-bond acceptors (Lipinski definition) is 8. The van der Waals surface area contributed by atoms with Gasteiger partial charge in [-0.3, -0.25) is 4.79 Å². The van der Waals surface area contributed by atoms with Crippen LogP contribution in [0.25, 0.3) is 0 Å². The quantitative estimate of drug-likeness (QED) is 0.139. The summed E-state index contributed by atoms with van der Waals surface area (Å²) in [5.74, 6) is -1.09. The van der Waals surface area contributed by atoms with Crippen LogP contribution in [0.2, 0.25) is 0 Å². The first-order valence-electron chi connectivity index (χ1n) is 6.15. The Labute approximate surface area is 126 Å². The molecule has 0 aliphatic rings. The lowest BCUT2D eigenvalue weighted by atomic mass is 10.1. The van der Waals surface area contributed by atoms with Gasteiger partial charge in [0, 0.05) is 5.56 Å². The average Bonchev–Trinajstić information content (AvgIpc) is 2.56. The first-order chi connectivity index (χ1) is 10.6. The van der Waals surface area contributed by atoms with Crippen LogP contribution < -0.4 is 9.47 Å². The molecular weight excluding hydrogens is 296 g/mol. The zero-order valence-corrected chi connectivity index (χ0v) is 12.1. The fourth-order valence-electron chi connectivity index (χ4n) is 1.44. The van der Waals surface area contributed by atoms with Crippen molar-refractivity contribution in [3.05, 3.63) is 36.3 Å². The van der Waals surface area contributed by atoms with E-state index in [1.54, 1.807) is 0 Å². The van der Waals surface area contributed by atoms with Gasteiger partial charge in [0.1, 0.15) is 19.5 Å². The van der Waals surface area contributed by atoms with Crippen LogP contribution in [0.3, 0.4) is 0 Å². The van der Waals surface area contributed by atoms with Gasteiger partial charge in [0.15, 0.2) is 17.8 Å². The molecule has 0 saturated heterocycles. The van der Waals surface area contributed by atoms with E-state index in [1.807, 2.05) is 0 Å². The van der Waals surface area contributed by atoms with Crippen molar-refractivity contribution in [1.82, 2.24) is 0 Å². The van der Waals surface area contributed by atoms with Crippen LogP contribution in [0.15, 0.2) is 30.7 Å². The van der Waals surface area contributed by atoms with Crippen LogP contribution in [0.1, 0.15) is 10.4 Å². The molecule has 0 unspecified atom stereocenters. The van der Waals surface area contributed by atoms with E-state index in [2.05, 4.69) is 9.78 Å². The van der Waals surface area contributed by atoms with Gasteiger partial charge in [-0.15, -0.1) is 0 Å². The molecule has 8 nitrogen and oxygen atoms in total. The summed E-state index contributed by atoms with van der Waals surface area (Å²) < 4.78 is 14.8. The summed E-state index contributed by atoms with van der Waals surface area (Å²) >= 11 is 0. The molecule has 0 amide bonds. The van der Waals surface area contributed by atoms with E-state index in [9.17, 15) is 9.59 Å². The molecule has 0 fully saturated rings. The summed E-state index contributed by atoms with van der Waals surface area (Å²) in [7, 11) is 2.88. The molecule has 0 saturated carbocycles. The van der Waals surface area contributed by atoms with Crippen LogP contribution in [-0.4, -0.2) is 44.3 Å². The standard InChI is InChI=1S/C14H16O8/c1-18-11-4-3-10(9-12(11)19-2)13(16)14(17)20-7-8-22-21-6-5-15/h3-6,9,15H,7-8H2,1-2H3/b6-5-. The number of esters is 1. The maximum Gasteiger partial charge on any atom is 0.379 e. The molecule has 1 aromatic carbocycles. The number of benzene rings is 1. The minimum Gasteiger partial charge on any atom is -0.512 e. The third kappa shape index (κ3) is 4.98. The van der Waals surface area contributed by atoms with Crippen molar-refractivity contribution in [3.8, 4) is 11.5 Å². The van der Waals surface area contributed by atoms with Crippen LogP contribution in [0, 0.1) is 0 Å².